The Kier molecular flexibility index (Phi) is 5.83. The molecule has 24 heavy (non-hydrogen) atoms. The van der Waals surface area contributed by atoms with Crippen LogP contribution in [0.1, 0.15) is 18.9 Å². The highest BCUT2D eigenvalue weighted by Crippen LogP contribution is 2.17. The lowest BCUT2D eigenvalue weighted by molar-refractivity contribution is -0.139. The van der Waals surface area contributed by atoms with Gasteiger partial charge in [-0.05, 0) is 48.4 Å². The van der Waals surface area contributed by atoms with E-state index < -0.39 is 24.2 Å². The number of halogens is 2. The Bertz CT molecular complexity index is 746. The van der Waals surface area contributed by atoms with Crippen LogP contribution >= 0.6 is 0 Å². The van der Waals surface area contributed by atoms with E-state index in [2.05, 4.69) is 10.5 Å². The van der Waals surface area contributed by atoms with Crippen molar-refractivity contribution in [2.75, 3.05) is 12.0 Å². The van der Waals surface area contributed by atoms with Crippen molar-refractivity contribution in [3.8, 4) is 5.75 Å². The SMILES string of the molecule is CC/C(=N/Nc1ccc(F)cc1F)c1ccc(OCC(=O)O)cc1. The van der Waals surface area contributed by atoms with Crippen LogP contribution in [-0.4, -0.2) is 23.4 Å². The van der Waals surface area contributed by atoms with Crippen LogP contribution in [0.15, 0.2) is 47.6 Å². The largest absolute Gasteiger partial charge is 0.482 e. The van der Waals surface area contributed by atoms with E-state index in [9.17, 15) is 13.6 Å². The standard InChI is InChI=1S/C17H16F2N2O3/c1-2-15(20-21-16-8-5-12(18)9-14(16)19)11-3-6-13(7-4-11)24-10-17(22)23/h3-9,21H,2,10H2,1H3,(H,22,23)/b20-15-. The third-order valence-electron chi connectivity index (χ3n) is 3.13. The van der Waals surface area contributed by atoms with Gasteiger partial charge < -0.3 is 9.84 Å². The van der Waals surface area contributed by atoms with E-state index in [0.29, 0.717) is 17.9 Å². The molecule has 0 heterocycles. The summed E-state index contributed by atoms with van der Waals surface area (Å²) in [6, 6.07) is 9.89. The summed E-state index contributed by atoms with van der Waals surface area (Å²) in [7, 11) is 0. The van der Waals surface area contributed by atoms with Crippen molar-refractivity contribution in [3.63, 3.8) is 0 Å². The Balaban J connectivity index is 2.10. The zero-order valence-electron chi connectivity index (χ0n) is 12.9. The summed E-state index contributed by atoms with van der Waals surface area (Å²) in [6.45, 7) is 1.47. The number of benzene rings is 2. The zero-order valence-corrected chi connectivity index (χ0v) is 12.9. The van der Waals surface area contributed by atoms with Crippen LogP contribution in [-0.2, 0) is 4.79 Å². The minimum atomic E-state index is -1.06. The summed E-state index contributed by atoms with van der Waals surface area (Å²) >= 11 is 0. The molecule has 2 aromatic rings. The monoisotopic (exact) mass is 334 g/mol. The minimum absolute atomic E-state index is 0.0729. The fourth-order valence-corrected chi connectivity index (χ4v) is 1.94. The van der Waals surface area contributed by atoms with E-state index in [-0.39, 0.29) is 5.69 Å². The number of carboxylic acid groups (broad SMARTS) is 1. The Hall–Kier alpha value is -2.96. The lowest BCUT2D eigenvalue weighted by Crippen LogP contribution is -2.09. The van der Waals surface area contributed by atoms with Gasteiger partial charge in [-0.25, -0.2) is 13.6 Å². The summed E-state index contributed by atoms with van der Waals surface area (Å²) in [5, 5.41) is 12.7. The molecule has 0 saturated carbocycles. The molecular formula is C17H16F2N2O3. The molecule has 0 aliphatic heterocycles. The van der Waals surface area contributed by atoms with E-state index in [1.807, 2.05) is 6.92 Å². The van der Waals surface area contributed by atoms with E-state index in [4.69, 9.17) is 9.84 Å². The molecule has 0 aromatic heterocycles. The molecule has 0 aliphatic rings. The van der Waals surface area contributed by atoms with E-state index >= 15 is 0 Å². The fraction of sp³-hybridized carbons (Fsp3) is 0.176. The van der Waals surface area contributed by atoms with Gasteiger partial charge in [0.05, 0.1) is 11.4 Å². The lowest BCUT2D eigenvalue weighted by Gasteiger charge is -2.08. The first-order valence-electron chi connectivity index (χ1n) is 7.22. The molecule has 0 fully saturated rings. The van der Waals surface area contributed by atoms with Crippen LogP contribution in [0.3, 0.4) is 0 Å². The molecule has 5 nitrogen and oxygen atoms in total. The quantitative estimate of drug-likeness (QED) is 0.599. The number of anilines is 1. The van der Waals surface area contributed by atoms with Crippen LogP contribution in [0.5, 0.6) is 5.75 Å². The normalized spacial score (nSPS) is 11.2. The second-order valence-corrected chi connectivity index (χ2v) is 4.85. The van der Waals surface area contributed by atoms with Crippen molar-refractivity contribution in [2.24, 2.45) is 5.10 Å². The van der Waals surface area contributed by atoms with Gasteiger partial charge in [0, 0.05) is 6.07 Å². The smallest absolute Gasteiger partial charge is 0.341 e. The van der Waals surface area contributed by atoms with Crippen LogP contribution in [0, 0.1) is 11.6 Å². The average molecular weight is 334 g/mol. The van der Waals surface area contributed by atoms with Crippen molar-refractivity contribution >= 4 is 17.4 Å². The Labute approximate surface area is 137 Å². The minimum Gasteiger partial charge on any atom is -0.482 e. The molecule has 126 valence electrons. The number of hydrogen-bond acceptors (Lipinski definition) is 4. The van der Waals surface area contributed by atoms with Crippen molar-refractivity contribution in [3.05, 3.63) is 59.7 Å². The van der Waals surface area contributed by atoms with Gasteiger partial charge in [0.25, 0.3) is 0 Å². The van der Waals surface area contributed by atoms with Gasteiger partial charge in [-0.2, -0.15) is 5.10 Å². The molecule has 0 aliphatic carbocycles. The number of ether oxygens (including phenoxy) is 1. The van der Waals surface area contributed by atoms with Crippen LogP contribution in [0.4, 0.5) is 14.5 Å². The van der Waals surface area contributed by atoms with Crippen LogP contribution in [0.25, 0.3) is 0 Å². The number of hydrogen-bond donors (Lipinski definition) is 2. The predicted molar refractivity (Wildman–Crippen MR) is 86.4 cm³/mol. The summed E-state index contributed by atoms with van der Waals surface area (Å²) in [6.07, 6.45) is 0.575. The average Bonchev–Trinajstić information content (AvgIpc) is 2.56. The summed E-state index contributed by atoms with van der Waals surface area (Å²) in [5.41, 5.74) is 4.08. The topological polar surface area (TPSA) is 70.9 Å². The van der Waals surface area contributed by atoms with E-state index in [1.165, 1.54) is 6.07 Å². The maximum atomic E-state index is 13.6. The van der Waals surface area contributed by atoms with Gasteiger partial charge in [0.15, 0.2) is 12.4 Å². The van der Waals surface area contributed by atoms with E-state index in [0.717, 1.165) is 17.7 Å². The highest BCUT2D eigenvalue weighted by molar-refractivity contribution is 6.00. The number of nitrogens with zero attached hydrogens (tertiary/aromatic N) is 1. The van der Waals surface area contributed by atoms with Gasteiger partial charge in [-0.1, -0.05) is 6.92 Å². The maximum absolute atomic E-state index is 13.6. The molecular weight excluding hydrogens is 318 g/mol. The number of nitrogens with one attached hydrogen (secondary N) is 1. The maximum Gasteiger partial charge on any atom is 0.341 e. The molecule has 0 unspecified atom stereocenters. The highest BCUT2D eigenvalue weighted by Gasteiger charge is 2.06. The third kappa shape index (κ3) is 4.77. The molecule has 7 heteroatoms. The summed E-state index contributed by atoms with van der Waals surface area (Å²) < 4.78 is 31.5. The van der Waals surface area contributed by atoms with Crippen LogP contribution < -0.4 is 10.2 Å². The Morgan fingerprint density at radius 2 is 1.92 bits per heavy atom. The molecule has 2 aromatic carbocycles. The highest BCUT2D eigenvalue weighted by atomic mass is 19.1. The number of aliphatic carboxylic acids is 1. The molecule has 0 radical (unpaired) electrons. The molecule has 0 atom stereocenters. The number of rotatable bonds is 7. The number of carbonyl (C=O) groups is 1. The molecule has 0 spiro atoms. The third-order valence-corrected chi connectivity index (χ3v) is 3.13. The van der Waals surface area contributed by atoms with Gasteiger partial charge >= 0.3 is 5.97 Å². The van der Waals surface area contributed by atoms with Crippen molar-refractivity contribution in [1.82, 2.24) is 0 Å². The first-order chi connectivity index (χ1) is 11.5. The van der Waals surface area contributed by atoms with E-state index in [1.54, 1.807) is 24.3 Å². The van der Waals surface area contributed by atoms with Crippen molar-refractivity contribution in [1.29, 1.82) is 0 Å². The first kappa shape index (κ1) is 17.4. The summed E-state index contributed by atoms with van der Waals surface area (Å²) in [4.78, 5) is 10.5. The second-order valence-electron chi connectivity index (χ2n) is 4.85. The zero-order chi connectivity index (χ0) is 17.5. The second kappa shape index (κ2) is 8.05. The molecule has 0 saturated heterocycles. The lowest BCUT2D eigenvalue weighted by atomic mass is 10.1. The van der Waals surface area contributed by atoms with Gasteiger partial charge in [0.2, 0.25) is 0 Å². The molecule has 2 rings (SSSR count). The van der Waals surface area contributed by atoms with Gasteiger partial charge in [-0.3, -0.25) is 5.43 Å². The van der Waals surface area contributed by atoms with Crippen LogP contribution in [0.2, 0.25) is 0 Å². The molecule has 2 N–H and O–H groups in total. The van der Waals surface area contributed by atoms with Crippen molar-refractivity contribution in [2.45, 2.75) is 13.3 Å². The Morgan fingerprint density at radius 1 is 1.21 bits per heavy atom. The fourth-order valence-electron chi connectivity index (χ4n) is 1.94. The van der Waals surface area contributed by atoms with Gasteiger partial charge in [-0.15, -0.1) is 0 Å². The van der Waals surface area contributed by atoms with Crippen molar-refractivity contribution < 1.29 is 23.4 Å². The number of hydrazone groups is 1. The number of carboxylic acids is 1. The Morgan fingerprint density at radius 3 is 2.50 bits per heavy atom. The summed E-state index contributed by atoms with van der Waals surface area (Å²) in [5.74, 6) is -2.02. The predicted octanol–water partition coefficient (Wildman–Crippen LogP) is 3.65. The molecule has 0 bridgehead atoms. The molecule has 0 amide bonds. The van der Waals surface area contributed by atoms with Gasteiger partial charge in [0.1, 0.15) is 11.6 Å². The first-order valence-corrected chi connectivity index (χ1v) is 7.22.